The van der Waals surface area contributed by atoms with Gasteiger partial charge in [0, 0.05) is 25.6 Å². The number of carbonyl (C=O) groups excluding carboxylic acids is 1. The second-order valence-electron chi connectivity index (χ2n) is 5.12. The third kappa shape index (κ3) is 4.03. The lowest BCUT2D eigenvalue weighted by molar-refractivity contribution is -0.124. The van der Waals surface area contributed by atoms with E-state index in [9.17, 15) is 4.79 Å². The largest absolute Gasteiger partial charge is 0.379 e. The van der Waals surface area contributed by atoms with Crippen molar-refractivity contribution in [1.29, 1.82) is 0 Å². The molecule has 0 aliphatic carbocycles. The molecule has 19 heavy (non-hydrogen) atoms. The molecule has 106 valence electrons. The van der Waals surface area contributed by atoms with Crippen LogP contribution in [-0.4, -0.2) is 43.7 Å². The van der Waals surface area contributed by atoms with Crippen LogP contribution in [-0.2, 0) is 9.53 Å². The van der Waals surface area contributed by atoms with E-state index in [1.165, 1.54) is 5.56 Å². The average Bonchev–Trinajstić information content (AvgIpc) is 2.94. The van der Waals surface area contributed by atoms with Gasteiger partial charge in [0.05, 0.1) is 19.3 Å². The van der Waals surface area contributed by atoms with Crippen LogP contribution in [0.25, 0.3) is 0 Å². The Balaban J connectivity index is 2.00. The molecule has 2 rings (SSSR count). The molecular weight excluding hydrogens is 260 g/mol. The van der Waals surface area contributed by atoms with Crippen LogP contribution < -0.4 is 5.32 Å². The van der Waals surface area contributed by atoms with Gasteiger partial charge in [-0.15, -0.1) is 0 Å². The van der Waals surface area contributed by atoms with Gasteiger partial charge in [0.15, 0.2) is 0 Å². The summed E-state index contributed by atoms with van der Waals surface area (Å²) in [4.78, 5) is 14.1. The predicted molar refractivity (Wildman–Crippen MR) is 77.3 cm³/mol. The third-order valence-electron chi connectivity index (χ3n) is 3.41. The van der Waals surface area contributed by atoms with Crippen molar-refractivity contribution >= 4 is 17.2 Å². The number of morpholine rings is 1. The summed E-state index contributed by atoms with van der Waals surface area (Å²) in [6.45, 7) is 7.93. The number of hydrogen-bond acceptors (Lipinski definition) is 4. The molecule has 1 aromatic rings. The van der Waals surface area contributed by atoms with E-state index >= 15 is 0 Å². The third-order valence-corrected chi connectivity index (χ3v) is 4.11. The van der Waals surface area contributed by atoms with Crippen LogP contribution in [0, 0.1) is 5.92 Å². The van der Waals surface area contributed by atoms with Crippen molar-refractivity contribution in [3.05, 3.63) is 22.4 Å². The highest BCUT2D eigenvalue weighted by Crippen LogP contribution is 2.23. The number of ether oxygens (including phenoxy) is 1. The summed E-state index contributed by atoms with van der Waals surface area (Å²) in [6, 6.07) is 2.41. The van der Waals surface area contributed by atoms with Gasteiger partial charge < -0.3 is 10.1 Å². The van der Waals surface area contributed by atoms with E-state index in [4.69, 9.17) is 4.74 Å². The van der Waals surface area contributed by atoms with E-state index in [0.29, 0.717) is 6.54 Å². The number of nitrogens with zero attached hydrogens (tertiary/aromatic N) is 1. The van der Waals surface area contributed by atoms with Gasteiger partial charge >= 0.3 is 0 Å². The molecule has 1 fully saturated rings. The first-order valence-corrected chi connectivity index (χ1v) is 7.74. The van der Waals surface area contributed by atoms with Crippen LogP contribution in [0.5, 0.6) is 0 Å². The van der Waals surface area contributed by atoms with Crippen molar-refractivity contribution in [1.82, 2.24) is 10.2 Å². The topological polar surface area (TPSA) is 41.6 Å². The van der Waals surface area contributed by atoms with Gasteiger partial charge in [-0.1, -0.05) is 13.8 Å². The number of hydrogen-bond donors (Lipinski definition) is 1. The normalized spacial score (nSPS) is 18.5. The molecule has 1 aliphatic rings. The first-order chi connectivity index (χ1) is 9.18. The fourth-order valence-corrected chi connectivity index (χ4v) is 2.92. The van der Waals surface area contributed by atoms with Gasteiger partial charge in [-0.05, 0) is 22.4 Å². The lowest BCUT2D eigenvalue weighted by Gasteiger charge is -2.34. The highest BCUT2D eigenvalue weighted by Gasteiger charge is 2.23. The van der Waals surface area contributed by atoms with E-state index in [0.717, 1.165) is 26.3 Å². The van der Waals surface area contributed by atoms with Crippen LogP contribution >= 0.6 is 11.3 Å². The molecule has 4 nitrogen and oxygen atoms in total. The second kappa shape index (κ2) is 7.03. The summed E-state index contributed by atoms with van der Waals surface area (Å²) >= 11 is 1.70. The molecule has 0 aromatic carbocycles. The van der Waals surface area contributed by atoms with Gasteiger partial charge in [-0.25, -0.2) is 0 Å². The predicted octanol–water partition coefficient (Wildman–Crippen LogP) is 1.89. The number of carbonyl (C=O) groups is 1. The Hall–Kier alpha value is -0.910. The summed E-state index contributed by atoms with van der Waals surface area (Å²) < 4.78 is 5.40. The molecule has 1 N–H and O–H groups in total. The van der Waals surface area contributed by atoms with Crippen LogP contribution in [0.4, 0.5) is 0 Å². The SMILES string of the molecule is CC(C)C(=O)NCC(c1ccsc1)N1CCOCC1. The molecule has 5 heteroatoms. The van der Waals surface area contributed by atoms with Crippen LogP contribution in [0.1, 0.15) is 25.5 Å². The number of thiophene rings is 1. The van der Waals surface area contributed by atoms with E-state index in [2.05, 4.69) is 27.0 Å². The maximum Gasteiger partial charge on any atom is 0.222 e. The number of amides is 1. The Kier molecular flexibility index (Phi) is 5.36. The Morgan fingerprint density at radius 2 is 2.21 bits per heavy atom. The number of nitrogens with one attached hydrogen (secondary N) is 1. The molecule has 1 amide bonds. The Bertz CT molecular complexity index is 386. The smallest absolute Gasteiger partial charge is 0.222 e. The van der Waals surface area contributed by atoms with Crippen molar-refractivity contribution in [2.75, 3.05) is 32.8 Å². The molecule has 1 saturated heterocycles. The van der Waals surface area contributed by atoms with Crippen molar-refractivity contribution in [2.45, 2.75) is 19.9 Å². The zero-order chi connectivity index (χ0) is 13.7. The summed E-state index contributed by atoms with van der Waals surface area (Å²) in [6.07, 6.45) is 0. The fraction of sp³-hybridized carbons (Fsp3) is 0.643. The lowest BCUT2D eigenvalue weighted by atomic mass is 10.1. The Labute approximate surface area is 118 Å². The van der Waals surface area contributed by atoms with Crippen molar-refractivity contribution in [2.24, 2.45) is 5.92 Å². The standard InChI is InChI=1S/C14H22N2O2S/c1-11(2)14(17)15-9-13(12-3-8-19-10-12)16-4-6-18-7-5-16/h3,8,10-11,13H,4-7,9H2,1-2H3,(H,15,17). The van der Waals surface area contributed by atoms with Crippen molar-refractivity contribution < 1.29 is 9.53 Å². The maximum atomic E-state index is 11.7. The molecule has 1 unspecified atom stereocenters. The summed E-state index contributed by atoms with van der Waals surface area (Å²) in [5, 5.41) is 7.31. The van der Waals surface area contributed by atoms with Gasteiger partial charge in [-0.3, -0.25) is 9.69 Å². The van der Waals surface area contributed by atoms with E-state index in [1.807, 2.05) is 13.8 Å². The zero-order valence-corrected chi connectivity index (χ0v) is 12.4. The minimum atomic E-state index is 0.0350. The summed E-state index contributed by atoms with van der Waals surface area (Å²) in [5.41, 5.74) is 1.29. The van der Waals surface area contributed by atoms with Crippen molar-refractivity contribution in [3.63, 3.8) is 0 Å². The minimum absolute atomic E-state index is 0.0350. The van der Waals surface area contributed by atoms with E-state index < -0.39 is 0 Å². The number of rotatable bonds is 5. The van der Waals surface area contributed by atoms with Gasteiger partial charge in [0.1, 0.15) is 0 Å². The molecule has 0 spiro atoms. The van der Waals surface area contributed by atoms with Crippen LogP contribution in [0.15, 0.2) is 16.8 Å². The average molecular weight is 282 g/mol. The maximum absolute atomic E-state index is 11.7. The van der Waals surface area contributed by atoms with Crippen LogP contribution in [0.2, 0.25) is 0 Å². The molecule has 1 atom stereocenters. The molecule has 0 saturated carbocycles. The molecular formula is C14H22N2O2S. The minimum Gasteiger partial charge on any atom is -0.379 e. The molecule has 0 bridgehead atoms. The van der Waals surface area contributed by atoms with Crippen LogP contribution in [0.3, 0.4) is 0 Å². The quantitative estimate of drug-likeness (QED) is 0.897. The van der Waals surface area contributed by atoms with E-state index in [1.54, 1.807) is 11.3 Å². The molecule has 2 heterocycles. The van der Waals surface area contributed by atoms with Gasteiger partial charge in [-0.2, -0.15) is 11.3 Å². The zero-order valence-electron chi connectivity index (χ0n) is 11.6. The monoisotopic (exact) mass is 282 g/mol. The second-order valence-corrected chi connectivity index (χ2v) is 5.90. The first-order valence-electron chi connectivity index (χ1n) is 6.80. The summed E-state index contributed by atoms with van der Waals surface area (Å²) in [5.74, 6) is 0.154. The Morgan fingerprint density at radius 1 is 1.47 bits per heavy atom. The highest BCUT2D eigenvalue weighted by atomic mass is 32.1. The molecule has 1 aliphatic heterocycles. The Morgan fingerprint density at radius 3 is 2.79 bits per heavy atom. The lowest BCUT2D eigenvalue weighted by Crippen LogP contribution is -2.44. The highest BCUT2D eigenvalue weighted by molar-refractivity contribution is 7.07. The van der Waals surface area contributed by atoms with E-state index in [-0.39, 0.29) is 17.9 Å². The first kappa shape index (κ1) is 14.5. The summed E-state index contributed by atoms with van der Waals surface area (Å²) in [7, 11) is 0. The fourth-order valence-electron chi connectivity index (χ4n) is 2.21. The molecule has 1 aromatic heterocycles. The van der Waals surface area contributed by atoms with Gasteiger partial charge in [0.25, 0.3) is 0 Å². The molecule has 0 radical (unpaired) electrons. The van der Waals surface area contributed by atoms with Gasteiger partial charge in [0.2, 0.25) is 5.91 Å². The van der Waals surface area contributed by atoms with Crippen molar-refractivity contribution in [3.8, 4) is 0 Å².